The number of carbonyl (C=O) groups is 2. The van der Waals surface area contributed by atoms with Crippen molar-refractivity contribution in [3.63, 3.8) is 0 Å². The number of unbranched alkanes of at least 4 members (excludes halogenated alkanes) is 2. The SMILES string of the molecule is C=CCOC12Oc3ccc(OC(=O)NCC)cc3C3C(CCCCO)C(CCCCO)C=C(C(=NOCC)CC1N(Cc1cccc4ccccc14)C(=O)OC)C32. The first-order valence-corrected chi connectivity index (χ1v) is 20.3. The maximum absolute atomic E-state index is 14.3. The first-order valence-electron chi connectivity index (χ1n) is 20.3. The summed E-state index contributed by atoms with van der Waals surface area (Å²) in [6, 6.07) is 18.8. The lowest BCUT2D eigenvalue weighted by molar-refractivity contribution is -0.256. The van der Waals surface area contributed by atoms with Crippen molar-refractivity contribution in [3.05, 3.63) is 96.1 Å². The summed E-state index contributed by atoms with van der Waals surface area (Å²) in [7, 11) is 1.38. The largest absolute Gasteiger partial charge is 0.459 e. The molecule has 3 N–H and O–H groups in total. The second-order valence-electron chi connectivity index (χ2n) is 14.8. The molecule has 1 heterocycles. The molecule has 6 atom stereocenters. The fourth-order valence-corrected chi connectivity index (χ4v) is 9.17. The van der Waals surface area contributed by atoms with Crippen LogP contribution >= 0.6 is 0 Å². The van der Waals surface area contributed by atoms with Crippen LogP contribution in [0.4, 0.5) is 9.59 Å². The smallest absolute Gasteiger partial charge is 0.412 e. The maximum Gasteiger partial charge on any atom is 0.412 e. The topological polar surface area (TPSA) is 148 Å². The average Bonchev–Trinajstić information content (AvgIpc) is 3.22. The first kappa shape index (κ1) is 41.7. The predicted molar refractivity (Wildman–Crippen MR) is 218 cm³/mol. The molecule has 1 fully saturated rings. The molecule has 6 unspecified atom stereocenters. The second kappa shape index (κ2) is 19.5. The number of nitrogens with one attached hydrogen (secondary N) is 1. The van der Waals surface area contributed by atoms with E-state index in [0.717, 1.165) is 53.2 Å². The van der Waals surface area contributed by atoms with Crippen LogP contribution in [0.25, 0.3) is 10.8 Å². The first-order chi connectivity index (χ1) is 27.8. The normalized spacial score (nSPS) is 24.1. The van der Waals surface area contributed by atoms with Crippen molar-refractivity contribution in [2.75, 3.05) is 40.1 Å². The number of fused-ring (bicyclic) bond motifs is 3. The van der Waals surface area contributed by atoms with Gasteiger partial charge in [-0.15, -0.1) is 6.58 Å². The Balaban J connectivity index is 1.61. The quantitative estimate of drug-likeness (QED) is 0.0666. The molecule has 12 heteroatoms. The van der Waals surface area contributed by atoms with Crippen molar-refractivity contribution in [1.29, 1.82) is 0 Å². The number of rotatable bonds is 18. The molecular formula is C45H57N3O9. The van der Waals surface area contributed by atoms with Crippen LogP contribution in [0, 0.1) is 17.8 Å². The van der Waals surface area contributed by atoms with E-state index >= 15 is 0 Å². The standard InChI is InChI=1S/C45H57N3O9/c1-5-25-54-45-40(48(44(52)53-4)29-32-18-14-17-30-15-8-9-19-34(30)32)28-38(47-55-7-3)36-26-31(16-10-12-23-49)35(20-11-13-24-50)41(42(36)45)37-27-33(21-22-39(37)57-45)56-43(51)46-6-2/h5,8-9,14-15,17-19,21-22,26-27,31,35,40-42,49-50H,1,6-7,10-13,16,20,23-25,28-29H2,2-4H3,(H,46,51). The number of methoxy groups -OCH3 is 1. The van der Waals surface area contributed by atoms with Crippen LogP contribution in [0.1, 0.15) is 75.8 Å². The van der Waals surface area contributed by atoms with E-state index in [4.69, 9.17) is 28.9 Å². The van der Waals surface area contributed by atoms with E-state index in [2.05, 4.69) is 18.0 Å². The molecule has 2 aliphatic carbocycles. The number of aliphatic hydroxyl groups is 2. The van der Waals surface area contributed by atoms with Gasteiger partial charge in [-0.2, -0.15) is 0 Å². The van der Waals surface area contributed by atoms with Gasteiger partial charge < -0.3 is 39.3 Å². The number of oxime groups is 1. The molecule has 306 valence electrons. The van der Waals surface area contributed by atoms with Crippen molar-refractivity contribution in [2.24, 2.45) is 22.9 Å². The van der Waals surface area contributed by atoms with Gasteiger partial charge in [0.15, 0.2) is 0 Å². The molecule has 1 aliphatic heterocycles. The van der Waals surface area contributed by atoms with Gasteiger partial charge in [-0.25, -0.2) is 9.59 Å². The minimum atomic E-state index is -1.46. The molecule has 57 heavy (non-hydrogen) atoms. The number of nitrogens with zero attached hydrogens (tertiary/aromatic N) is 2. The molecule has 0 radical (unpaired) electrons. The third-order valence-corrected chi connectivity index (χ3v) is 11.5. The van der Waals surface area contributed by atoms with E-state index in [1.54, 1.807) is 17.0 Å². The molecule has 12 nitrogen and oxygen atoms in total. The van der Waals surface area contributed by atoms with E-state index in [9.17, 15) is 19.8 Å². The Bertz CT molecular complexity index is 1930. The molecule has 2 amide bonds. The molecule has 0 spiro atoms. The van der Waals surface area contributed by atoms with Gasteiger partial charge >= 0.3 is 12.2 Å². The zero-order valence-electron chi connectivity index (χ0n) is 33.4. The monoisotopic (exact) mass is 783 g/mol. The third-order valence-electron chi connectivity index (χ3n) is 11.5. The highest BCUT2D eigenvalue weighted by atomic mass is 16.7. The molecule has 3 aromatic carbocycles. The van der Waals surface area contributed by atoms with Crippen LogP contribution in [0.2, 0.25) is 0 Å². The van der Waals surface area contributed by atoms with Crippen LogP contribution in [0.5, 0.6) is 11.5 Å². The highest BCUT2D eigenvalue weighted by molar-refractivity contribution is 6.03. The zero-order chi connectivity index (χ0) is 40.4. The van der Waals surface area contributed by atoms with Gasteiger partial charge in [0.1, 0.15) is 24.1 Å². The Kier molecular flexibility index (Phi) is 14.3. The molecule has 3 aromatic rings. The Hall–Kier alpha value is -4.91. The lowest BCUT2D eigenvalue weighted by atomic mass is 9.55. The second-order valence-corrected chi connectivity index (χ2v) is 14.8. The number of hydrogen-bond acceptors (Lipinski definition) is 10. The van der Waals surface area contributed by atoms with E-state index < -0.39 is 29.9 Å². The molecule has 0 saturated heterocycles. The molecule has 3 aliphatic rings. The van der Waals surface area contributed by atoms with Crippen LogP contribution < -0.4 is 14.8 Å². The summed E-state index contributed by atoms with van der Waals surface area (Å²) in [4.78, 5) is 34.5. The zero-order valence-corrected chi connectivity index (χ0v) is 33.4. The van der Waals surface area contributed by atoms with Crippen molar-refractivity contribution >= 4 is 28.7 Å². The minimum Gasteiger partial charge on any atom is -0.459 e. The van der Waals surface area contributed by atoms with Crippen molar-refractivity contribution in [2.45, 2.75) is 83.1 Å². The third kappa shape index (κ3) is 8.83. The van der Waals surface area contributed by atoms with Crippen LogP contribution in [-0.2, 0) is 20.9 Å². The number of hydrogen-bond donors (Lipinski definition) is 3. The number of ether oxygens (including phenoxy) is 4. The Labute approximate surface area is 335 Å². The highest BCUT2D eigenvalue weighted by Crippen LogP contribution is 2.62. The molecular weight excluding hydrogens is 727 g/mol. The van der Waals surface area contributed by atoms with E-state index in [0.29, 0.717) is 43.2 Å². The van der Waals surface area contributed by atoms with Gasteiger partial charge in [0.2, 0.25) is 5.79 Å². The van der Waals surface area contributed by atoms with Gasteiger partial charge in [-0.05, 0) is 91.5 Å². The molecule has 1 saturated carbocycles. The summed E-state index contributed by atoms with van der Waals surface area (Å²) in [6.07, 6.45) is 7.56. The van der Waals surface area contributed by atoms with Gasteiger partial charge in [0, 0.05) is 37.7 Å². The maximum atomic E-state index is 14.3. The summed E-state index contributed by atoms with van der Waals surface area (Å²) in [6.45, 7) is 8.95. The molecule has 6 rings (SSSR count). The lowest BCUT2D eigenvalue weighted by Gasteiger charge is -2.59. The number of benzene rings is 3. The minimum absolute atomic E-state index is 0.00908. The van der Waals surface area contributed by atoms with Crippen molar-refractivity contribution < 1.29 is 43.6 Å². The lowest BCUT2D eigenvalue weighted by Crippen LogP contribution is -2.70. The Morgan fingerprint density at radius 1 is 1.04 bits per heavy atom. The summed E-state index contributed by atoms with van der Waals surface area (Å²) >= 11 is 0. The molecule has 0 aromatic heterocycles. The average molecular weight is 784 g/mol. The van der Waals surface area contributed by atoms with E-state index in [1.807, 2.05) is 68.4 Å². The van der Waals surface area contributed by atoms with Crippen LogP contribution in [0.3, 0.4) is 0 Å². The van der Waals surface area contributed by atoms with Gasteiger partial charge in [-0.3, -0.25) is 4.90 Å². The summed E-state index contributed by atoms with van der Waals surface area (Å²) in [5, 5.41) is 29.2. The van der Waals surface area contributed by atoms with Gasteiger partial charge in [0.05, 0.1) is 31.9 Å². The Morgan fingerprint density at radius 2 is 1.81 bits per heavy atom. The highest BCUT2D eigenvalue weighted by Gasteiger charge is 2.65. The summed E-state index contributed by atoms with van der Waals surface area (Å²) < 4.78 is 25.6. The predicted octanol–water partition coefficient (Wildman–Crippen LogP) is 7.87. The molecule has 0 bridgehead atoms. The van der Waals surface area contributed by atoms with E-state index in [1.165, 1.54) is 7.11 Å². The number of amides is 2. The van der Waals surface area contributed by atoms with Gasteiger partial charge in [0.25, 0.3) is 0 Å². The van der Waals surface area contributed by atoms with Crippen LogP contribution in [-0.4, -0.2) is 84.9 Å². The van der Waals surface area contributed by atoms with Gasteiger partial charge in [-0.1, -0.05) is 72.6 Å². The summed E-state index contributed by atoms with van der Waals surface area (Å²) in [5.41, 5.74) is 3.37. The van der Waals surface area contributed by atoms with Crippen molar-refractivity contribution in [3.8, 4) is 11.5 Å². The fraction of sp³-hybridized carbons (Fsp3) is 0.489. The summed E-state index contributed by atoms with van der Waals surface area (Å²) in [5.74, 6) is -1.28. The van der Waals surface area contributed by atoms with Crippen molar-refractivity contribution in [1.82, 2.24) is 10.2 Å². The number of allylic oxidation sites excluding steroid dienone is 1. The Morgan fingerprint density at radius 3 is 2.54 bits per heavy atom. The number of carbonyl (C=O) groups excluding carboxylic acids is 2. The number of aliphatic hydroxyl groups excluding tert-OH is 2. The van der Waals surface area contributed by atoms with E-state index in [-0.39, 0.29) is 50.5 Å². The van der Waals surface area contributed by atoms with Crippen LogP contribution in [0.15, 0.2) is 90.1 Å². The fourth-order valence-electron chi connectivity index (χ4n) is 9.17.